The summed E-state index contributed by atoms with van der Waals surface area (Å²) in [6.45, 7) is 17.5. The van der Waals surface area contributed by atoms with Crippen molar-refractivity contribution in [3.8, 4) is 11.5 Å². The van der Waals surface area contributed by atoms with Gasteiger partial charge in [-0.15, -0.1) is 0 Å². The maximum absolute atomic E-state index is 13.5. The summed E-state index contributed by atoms with van der Waals surface area (Å²) in [7, 11) is 0.275. The highest BCUT2D eigenvalue weighted by molar-refractivity contribution is 6.76. The zero-order valence-electron chi connectivity index (χ0n) is 24.5. The van der Waals surface area contributed by atoms with E-state index in [0.29, 0.717) is 35.7 Å². The third-order valence-corrected chi connectivity index (χ3v) is 8.62. The number of ether oxygens (including phenoxy) is 6. The van der Waals surface area contributed by atoms with Crippen molar-refractivity contribution in [2.24, 2.45) is 11.8 Å². The van der Waals surface area contributed by atoms with Crippen LogP contribution in [0.2, 0.25) is 25.7 Å². The van der Waals surface area contributed by atoms with E-state index >= 15 is 0 Å². The summed E-state index contributed by atoms with van der Waals surface area (Å²) in [4.78, 5) is 13.5. The predicted octanol–water partition coefficient (Wildman–Crippen LogP) is 6.70. The highest BCUT2D eigenvalue weighted by Gasteiger charge is 2.42. The van der Waals surface area contributed by atoms with Crippen molar-refractivity contribution >= 4 is 20.1 Å². The van der Waals surface area contributed by atoms with Gasteiger partial charge in [-0.1, -0.05) is 57.8 Å². The Labute approximate surface area is 229 Å². The van der Waals surface area contributed by atoms with Crippen LogP contribution in [0.5, 0.6) is 11.5 Å². The Morgan fingerprint density at radius 1 is 1.03 bits per heavy atom. The Morgan fingerprint density at radius 3 is 2.42 bits per heavy atom. The Hall–Kier alpha value is -2.13. The molecule has 0 aromatic heterocycles. The summed E-state index contributed by atoms with van der Waals surface area (Å²) in [5.74, 6) is 0.0532. The zero-order chi connectivity index (χ0) is 28.1. The summed E-state index contributed by atoms with van der Waals surface area (Å²) >= 11 is 0. The van der Waals surface area contributed by atoms with Crippen LogP contribution in [0, 0.1) is 11.8 Å². The topological polar surface area (TPSA) is 72.5 Å². The number of esters is 1. The smallest absolute Gasteiger partial charge is 0.342 e. The van der Waals surface area contributed by atoms with Crippen molar-refractivity contribution in [3.05, 3.63) is 41.5 Å². The van der Waals surface area contributed by atoms with Gasteiger partial charge in [-0.3, -0.25) is 0 Å². The van der Waals surface area contributed by atoms with Gasteiger partial charge in [0.15, 0.2) is 12.6 Å². The molecule has 38 heavy (non-hydrogen) atoms. The number of benzene rings is 1. The minimum atomic E-state index is -1.27. The Kier molecular flexibility index (Phi) is 10.3. The van der Waals surface area contributed by atoms with Crippen LogP contribution in [0.15, 0.2) is 30.4 Å². The molecule has 2 aliphatic heterocycles. The number of fused-ring (bicyclic) bond motifs is 2. The van der Waals surface area contributed by atoms with Gasteiger partial charge >= 0.3 is 5.97 Å². The molecule has 1 saturated heterocycles. The summed E-state index contributed by atoms with van der Waals surface area (Å²) in [5, 5.41) is 0. The quantitative estimate of drug-likeness (QED) is 0.163. The molecule has 212 valence electrons. The lowest BCUT2D eigenvalue weighted by atomic mass is 9.94. The fourth-order valence-electron chi connectivity index (χ4n) is 4.53. The van der Waals surface area contributed by atoms with Crippen molar-refractivity contribution in [1.82, 2.24) is 0 Å². The molecule has 1 aromatic carbocycles. The van der Waals surface area contributed by atoms with Crippen molar-refractivity contribution in [3.63, 3.8) is 0 Å². The van der Waals surface area contributed by atoms with Crippen LogP contribution in [0.1, 0.15) is 57.0 Å². The monoisotopic (exact) mass is 546 g/mol. The molecule has 0 N–H and O–H groups in total. The van der Waals surface area contributed by atoms with Gasteiger partial charge in [-0.2, -0.15) is 0 Å². The van der Waals surface area contributed by atoms with E-state index in [4.69, 9.17) is 28.4 Å². The predicted molar refractivity (Wildman–Crippen MR) is 152 cm³/mol. The molecule has 1 unspecified atom stereocenters. The average Bonchev–Trinajstić information content (AvgIpc) is 3.13. The molecule has 0 spiro atoms. The summed E-state index contributed by atoms with van der Waals surface area (Å²) in [5.41, 5.74) is 1.02. The standard InChI is InChI=1S/C30H46O7Si/c1-20-13-14-21(2)28-25(36-30(4,5)37-28)12-10-11-23-17-24(33-15-16-38(7,8)9)18-26(34-19-32-6)27(23)29(31)35-22(20)3/h10-11,13-14,17-18,20-22,25,28H,12,15-16,19H2,1-9H3/b11-10+,14-13-/t20-,21?,22+,25+,28-/m1/s1. The molecule has 1 fully saturated rings. The van der Waals surface area contributed by atoms with E-state index in [9.17, 15) is 4.79 Å². The molecule has 2 heterocycles. The summed E-state index contributed by atoms with van der Waals surface area (Å²) in [6.07, 6.45) is 8.25. The largest absolute Gasteiger partial charge is 0.494 e. The van der Waals surface area contributed by atoms with E-state index in [-0.39, 0.29) is 36.9 Å². The normalized spacial score (nSPS) is 29.4. The van der Waals surface area contributed by atoms with E-state index < -0.39 is 19.8 Å². The lowest BCUT2D eigenvalue weighted by molar-refractivity contribution is -0.148. The lowest BCUT2D eigenvalue weighted by Crippen LogP contribution is -2.29. The number of carbonyl (C=O) groups is 1. The van der Waals surface area contributed by atoms with Gasteiger partial charge in [0, 0.05) is 33.1 Å². The third kappa shape index (κ3) is 8.43. The molecule has 7 nitrogen and oxygen atoms in total. The molecular weight excluding hydrogens is 500 g/mol. The number of hydrogen-bond donors (Lipinski definition) is 0. The van der Waals surface area contributed by atoms with E-state index in [0.717, 1.165) is 6.04 Å². The van der Waals surface area contributed by atoms with Crippen molar-refractivity contribution in [2.75, 3.05) is 20.5 Å². The second kappa shape index (κ2) is 12.8. The zero-order valence-corrected chi connectivity index (χ0v) is 25.5. The lowest BCUT2D eigenvalue weighted by Gasteiger charge is -2.23. The van der Waals surface area contributed by atoms with Crippen LogP contribution >= 0.6 is 0 Å². The van der Waals surface area contributed by atoms with E-state index in [1.165, 1.54) is 0 Å². The maximum Gasteiger partial charge on any atom is 0.342 e. The Morgan fingerprint density at radius 2 is 1.74 bits per heavy atom. The van der Waals surface area contributed by atoms with Crippen LogP contribution in [-0.4, -0.2) is 58.7 Å². The third-order valence-electron chi connectivity index (χ3n) is 6.92. The molecule has 0 radical (unpaired) electrons. The Balaban J connectivity index is 2.03. The number of methoxy groups -OCH3 is 1. The molecule has 5 atom stereocenters. The van der Waals surface area contributed by atoms with Crippen molar-refractivity contribution in [2.45, 2.75) is 90.8 Å². The maximum atomic E-state index is 13.5. The summed E-state index contributed by atoms with van der Waals surface area (Å²) < 4.78 is 35.6. The van der Waals surface area contributed by atoms with Gasteiger partial charge in [0.05, 0.1) is 18.8 Å². The number of carbonyl (C=O) groups excluding carboxylic acids is 1. The molecule has 0 aliphatic carbocycles. The first-order valence-corrected chi connectivity index (χ1v) is 17.3. The van der Waals surface area contributed by atoms with Crippen LogP contribution in [0.4, 0.5) is 0 Å². The van der Waals surface area contributed by atoms with Gasteiger partial charge < -0.3 is 28.4 Å². The summed E-state index contributed by atoms with van der Waals surface area (Å²) in [6, 6.07) is 4.66. The fraction of sp³-hybridized carbons (Fsp3) is 0.633. The van der Waals surface area contributed by atoms with Gasteiger partial charge in [-0.05, 0) is 44.9 Å². The highest BCUT2D eigenvalue weighted by atomic mass is 28.3. The number of rotatable bonds is 7. The second-order valence-electron chi connectivity index (χ2n) is 12.1. The SMILES string of the molecule is COCOc1cc(OCC[Si](C)(C)C)cc2c1C(=O)O[C@@H](C)[C@H](C)/C=C\C(C)[C@H]1OC(C)(C)O[C@H]1C/C=C/2. The second-order valence-corrected chi connectivity index (χ2v) is 17.7. The molecular formula is C30H46O7Si. The molecule has 1 aromatic rings. The first kappa shape index (κ1) is 30.4. The molecule has 2 aliphatic rings. The highest BCUT2D eigenvalue weighted by Crippen LogP contribution is 2.36. The first-order chi connectivity index (χ1) is 17.8. The van der Waals surface area contributed by atoms with Crippen molar-refractivity contribution in [1.29, 1.82) is 0 Å². The molecule has 8 heteroatoms. The number of hydrogen-bond acceptors (Lipinski definition) is 7. The van der Waals surface area contributed by atoms with Crippen LogP contribution in [0.25, 0.3) is 6.08 Å². The molecule has 3 rings (SSSR count). The van der Waals surface area contributed by atoms with Gasteiger partial charge in [0.25, 0.3) is 0 Å². The number of cyclic esters (lactones) is 1. The molecule has 0 saturated carbocycles. The van der Waals surface area contributed by atoms with Crippen LogP contribution in [-0.2, 0) is 18.9 Å². The molecule has 0 bridgehead atoms. The van der Waals surface area contributed by atoms with Crippen LogP contribution < -0.4 is 9.47 Å². The molecule has 0 amide bonds. The average molecular weight is 547 g/mol. The van der Waals surface area contributed by atoms with Gasteiger partial charge in [-0.25, -0.2) is 4.79 Å². The van der Waals surface area contributed by atoms with Gasteiger partial charge in [0.1, 0.15) is 23.2 Å². The minimum Gasteiger partial charge on any atom is -0.494 e. The van der Waals surface area contributed by atoms with Crippen LogP contribution in [0.3, 0.4) is 0 Å². The van der Waals surface area contributed by atoms with Crippen molar-refractivity contribution < 1.29 is 33.2 Å². The van der Waals surface area contributed by atoms with Gasteiger partial charge in [0.2, 0.25) is 0 Å². The van der Waals surface area contributed by atoms with E-state index in [1.54, 1.807) is 13.2 Å². The minimum absolute atomic E-state index is 0.00160. The first-order valence-electron chi connectivity index (χ1n) is 13.6. The Bertz CT molecular complexity index is 1010. The fourth-order valence-corrected chi connectivity index (χ4v) is 5.24. The van der Waals surface area contributed by atoms with E-state index in [2.05, 4.69) is 38.7 Å². The van der Waals surface area contributed by atoms with E-state index in [1.807, 2.05) is 45.9 Å².